The second-order valence-electron chi connectivity index (χ2n) is 6.91. The molecule has 3 aliphatic rings. The van der Waals surface area contributed by atoms with Crippen LogP contribution >= 0.6 is 11.8 Å². The first kappa shape index (κ1) is 16.0. The number of benzene rings is 2. The molecule has 26 heavy (non-hydrogen) atoms. The van der Waals surface area contributed by atoms with Crippen LogP contribution in [0.5, 0.6) is 11.5 Å². The van der Waals surface area contributed by atoms with Crippen LogP contribution in [0.4, 0.5) is 0 Å². The topological polar surface area (TPSA) is 50.4 Å². The molecular weight excluding hydrogens is 344 g/mol. The van der Waals surface area contributed by atoms with E-state index in [1.807, 2.05) is 66.4 Å². The highest BCUT2D eigenvalue weighted by Gasteiger charge is 2.46. The molecule has 5 heteroatoms. The van der Waals surface area contributed by atoms with Crippen LogP contribution in [0.25, 0.3) is 0 Å². The van der Waals surface area contributed by atoms with E-state index in [9.17, 15) is 4.79 Å². The highest BCUT2D eigenvalue weighted by molar-refractivity contribution is 8.04. The molecule has 2 heterocycles. The van der Waals surface area contributed by atoms with Gasteiger partial charge in [0.25, 0.3) is 0 Å². The number of ether oxygens (including phenoxy) is 1. The van der Waals surface area contributed by atoms with E-state index < -0.39 is 0 Å². The van der Waals surface area contributed by atoms with Crippen molar-refractivity contribution in [3.8, 4) is 11.5 Å². The number of rotatable bonds is 3. The lowest BCUT2D eigenvalue weighted by Gasteiger charge is -2.35. The molecule has 1 aliphatic carbocycles. The van der Waals surface area contributed by atoms with E-state index in [4.69, 9.17) is 4.74 Å². The smallest absolute Gasteiger partial charge is 0.231 e. The van der Waals surface area contributed by atoms with Gasteiger partial charge in [0.2, 0.25) is 5.91 Å². The normalized spacial score (nSPS) is 27.1. The third-order valence-corrected chi connectivity index (χ3v) is 6.64. The average Bonchev–Trinajstić information content (AvgIpc) is 3.23. The zero-order valence-electron chi connectivity index (χ0n) is 14.3. The molecule has 0 bridgehead atoms. The lowest BCUT2D eigenvalue weighted by molar-refractivity contribution is -0.127. The van der Waals surface area contributed by atoms with Crippen LogP contribution in [0.1, 0.15) is 31.0 Å². The van der Waals surface area contributed by atoms with Crippen LogP contribution in [0, 0.1) is 5.92 Å². The van der Waals surface area contributed by atoms with E-state index in [1.165, 1.54) is 16.9 Å². The van der Waals surface area contributed by atoms with Crippen LogP contribution in [0.3, 0.4) is 0 Å². The van der Waals surface area contributed by atoms with E-state index in [2.05, 4.69) is 10.6 Å². The Balaban J connectivity index is 1.35. The Labute approximate surface area is 157 Å². The number of amides is 1. The Morgan fingerprint density at radius 2 is 1.85 bits per heavy atom. The van der Waals surface area contributed by atoms with E-state index in [0.29, 0.717) is 0 Å². The first-order valence-corrected chi connectivity index (χ1v) is 9.94. The van der Waals surface area contributed by atoms with Crippen LogP contribution in [-0.4, -0.2) is 11.3 Å². The zero-order valence-corrected chi connectivity index (χ0v) is 15.1. The predicted molar refractivity (Wildman–Crippen MR) is 103 cm³/mol. The van der Waals surface area contributed by atoms with Crippen molar-refractivity contribution in [2.24, 2.45) is 5.92 Å². The Bertz CT molecular complexity index is 881. The van der Waals surface area contributed by atoms with Gasteiger partial charge in [0.1, 0.15) is 17.7 Å². The van der Waals surface area contributed by atoms with Gasteiger partial charge in [0, 0.05) is 0 Å². The first-order chi connectivity index (χ1) is 12.8. The minimum Gasteiger partial charge on any atom is -0.457 e. The molecular formula is C21H20N2O2S. The molecule has 132 valence electrons. The van der Waals surface area contributed by atoms with Gasteiger partial charge in [-0.1, -0.05) is 30.3 Å². The monoisotopic (exact) mass is 364 g/mol. The fraction of sp³-hybridized carbons (Fsp3) is 0.286. The SMILES string of the molecule is O=C1NC(c2cccc(Oc3ccccc3)c2)NC2SC3=C(CCC3)C12. The van der Waals surface area contributed by atoms with Crippen molar-refractivity contribution in [2.75, 3.05) is 0 Å². The summed E-state index contributed by atoms with van der Waals surface area (Å²) in [6.07, 6.45) is 3.21. The zero-order chi connectivity index (χ0) is 17.5. The van der Waals surface area contributed by atoms with Crippen molar-refractivity contribution in [3.05, 3.63) is 70.6 Å². The molecule has 5 rings (SSSR count). The summed E-state index contributed by atoms with van der Waals surface area (Å²) < 4.78 is 5.93. The number of nitrogens with one attached hydrogen (secondary N) is 2. The van der Waals surface area contributed by atoms with Gasteiger partial charge in [-0.3, -0.25) is 10.1 Å². The van der Waals surface area contributed by atoms with Gasteiger partial charge in [0.05, 0.1) is 11.3 Å². The largest absolute Gasteiger partial charge is 0.457 e. The summed E-state index contributed by atoms with van der Waals surface area (Å²) in [5.41, 5.74) is 2.38. The Morgan fingerprint density at radius 3 is 2.73 bits per heavy atom. The lowest BCUT2D eigenvalue weighted by atomic mass is 9.94. The molecule has 0 radical (unpaired) electrons. The maximum atomic E-state index is 12.7. The molecule has 3 unspecified atom stereocenters. The van der Waals surface area contributed by atoms with E-state index in [0.717, 1.165) is 29.9 Å². The minimum atomic E-state index is -0.185. The van der Waals surface area contributed by atoms with Crippen molar-refractivity contribution in [3.63, 3.8) is 0 Å². The highest BCUT2D eigenvalue weighted by atomic mass is 32.2. The molecule has 4 nitrogen and oxygen atoms in total. The summed E-state index contributed by atoms with van der Waals surface area (Å²) in [5, 5.41) is 6.92. The summed E-state index contributed by atoms with van der Waals surface area (Å²) in [6.45, 7) is 0. The third kappa shape index (κ3) is 2.81. The summed E-state index contributed by atoms with van der Waals surface area (Å²) in [4.78, 5) is 14.2. The van der Waals surface area contributed by atoms with Gasteiger partial charge in [-0.05, 0) is 59.6 Å². The molecule has 2 aromatic carbocycles. The second kappa shape index (κ2) is 6.49. The molecule has 2 N–H and O–H groups in total. The summed E-state index contributed by atoms with van der Waals surface area (Å²) in [6, 6.07) is 17.6. The maximum absolute atomic E-state index is 12.7. The van der Waals surface area contributed by atoms with Crippen molar-refractivity contribution < 1.29 is 9.53 Å². The highest BCUT2D eigenvalue weighted by Crippen LogP contribution is 2.50. The maximum Gasteiger partial charge on any atom is 0.231 e. The summed E-state index contributed by atoms with van der Waals surface area (Å²) in [5.74, 6) is 1.72. The predicted octanol–water partition coefficient (Wildman–Crippen LogP) is 4.32. The average molecular weight is 364 g/mol. The number of para-hydroxylation sites is 1. The number of allylic oxidation sites excluding steroid dienone is 1. The van der Waals surface area contributed by atoms with E-state index in [1.54, 1.807) is 0 Å². The van der Waals surface area contributed by atoms with Gasteiger partial charge in [-0.15, -0.1) is 11.8 Å². The van der Waals surface area contributed by atoms with Crippen molar-refractivity contribution in [1.82, 2.24) is 10.6 Å². The van der Waals surface area contributed by atoms with Crippen LogP contribution in [0.2, 0.25) is 0 Å². The third-order valence-electron chi connectivity index (χ3n) is 5.23. The van der Waals surface area contributed by atoms with Crippen LogP contribution in [0.15, 0.2) is 65.1 Å². The summed E-state index contributed by atoms with van der Waals surface area (Å²) in [7, 11) is 0. The number of carbonyl (C=O) groups excluding carboxylic acids is 1. The van der Waals surface area contributed by atoms with Crippen LogP contribution in [-0.2, 0) is 4.79 Å². The molecule has 0 saturated carbocycles. The Kier molecular flexibility index (Phi) is 3.98. The van der Waals surface area contributed by atoms with Gasteiger partial charge >= 0.3 is 0 Å². The molecule has 0 spiro atoms. The molecule has 1 saturated heterocycles. The quantitative estimate of drug-likeness (QED) is 0.851. The van der Waals surface area contributed by atoms with E-state index in [-0.39, 0.29) is 23.4 Å². The molecule has 2 aromatic rings. The second-order valence-corrected chi connectivity index (χ2v) is 8.15. The Hall–Kier alpha value is -2.24. The summed E-state index contributed by atoms with van der Waals surface area (Å²) >= 11 is 1.85. The minimum absolute atomic E-state index is 0.00231. The standard InChI is InChI=1S/C21H20N2O2S/c24-20-18-16-10-5-11-17(16)26-21(18)23-19(22-20)13-6-4-9-15(12-13)25-14-7-2-1-3-8-14/h1-4,6-9,12,18-19,21,23H,5,10-11H2,(H,22,24). The number of hydrogen-bond acceptors (Lipinski definition) is 4. The van der Waals surface area contributed by atoms with Gasteiger partial charge in [-0.25, -0.2) is 0 Å². The molecule has 1 fully saturated rings. The fourth-order valence-corrected chi connectivity index (χ4v) is 5.61. The first-order valence-electron chi connectivity index (χ1n) is 9.06. The molecule has 1 amide bonds. The molecule has 0 aromatic heterocycles. The van der Waals surface area contributed by atoms with Crippen molar-refractivity contribution >= 4 is 17.7 Å². The number of fused-ring (bicyclic) bond motifs is 2. The lowest BCUT2D eigenvalue weighted by Crippen LogP contribution is -2.54. The Morgan fingerprint density at radius 1 is 1.00 bits per heavy atom. The van der Waals surface area contributed by atoms with Crippen molar-refractivity contribution in [1.29, 1.82) is 0 Å². The number of hydrogen-bond donors (Lipinski definition) is 2. The molecule has 2 aliphatic heterocycles. The van der Waals surface area contributed by atoms with Crippen molar-refractivity contribution in [2.45, 2.75) is 30.8 Å². The van der Waals surface area contributed by atoms with Crippen LogP contribution < -0.4 is 15.4 Å². The van der Waals surface area contributed by atoms with Gasteiger partial charge < -0.3 is 10.1 Å². The number of carbonyl (C=O) groups is 1. The van der Waals surface area contributed by atoms with E-state index >= 15 is 0 Å². The van der Waals surface area contributed by atoms with Gasteiger partial charge in [0.15, 0.2) is 0 Å². The van der Waals surface area contributed by atoms with Gasteiger partial charge in [-0.2, -0.15) is 0 Å². The number of thioether (sulfide) groups is 1. The molecule has 3 atom stereocenters. The fourth-order valence-electron chi connectivity index (χ4n) is 4.03.